The minimum atomic E-state index is 0.395. The van der Waals surface area contributed by atoms with Crippen LogP contribution in [0.4, 0.5) is 11.5 Å². The Balaban J connectivity index is 2.36. The number of aromatic nitrogens is 1. The Hall–Kier alpha value is -1.87. The zero-order valence-corrected chi connectivity index (χ0v) is 13.4. The fourth-order valence-corrected chi connectivity index (χ4v) is 2.27. The molecule has 0 unspecified atom stereocenters. The third-order valence-corrected chi connectivity index (χ3v) is 3.79. The van der Waals surface area contributed by atoms with Gasteiger partial charge < -0.3 is 10.6 Å². The maximum absolute atomic E-state index is 5.82. The number of nitrogens with two attached hydrogens (primary N) is 1. The Bertz CT molecular complexity index is 588. The standard InChI is InChI=1S/C18H25N3/c1-5-14-6-8-16(9-7-14)21(4)18-11-15(12-19)10-17(20-18)13(2)3/h6-11,13H,5,12,19H2,1-4H3. The fraction of sp³-hybridized carbons (Fsp3) is 0.389. The van der Waals surface area contributed by atoms with Gasteiger partial charge >= 0.3 is 0 Å². The maximum Gasteiger partial charge on any atom is 0.133 e. The third-order valence-electron chi connectivity index (χ3n) is 3.79. The number of anilines is 2. The fourth-order valence-electron chi connectivity index (χ4n) is 2.27. The summed E-state index contributed by atoms with van der Waals surface area (Å²) < 4.78 is 0. The lowest BCUT2D eigenvalue weighted by atomic mass is 10.1. The second kappa shape index (κ2) is 6.72. The van der Waals surface area contributed by atoms with E-state index in [1.165, 1.54) is 5.56 Å². The van der Waals surface area contributed by atoms with Crippen molar-refractivity contribution in [2.75, 3.05) is 11.9 Å². The van der Waals surface area contributed by atoms with E-state index in [0.29, 0.717) is 12.5 Å². The molecule has 0 atom stereocenters. The molecule has 0 aliphatic rings. The van der Waals surface area contributed by atoms with Gasteiger partial charge in [0.15, 0.2) is 0 Å². The summed E-state index contributed by atoms with van der Waals surface area (Å²) in [6.07, 6.45) is 1.06. The van der Waals surface area contributed by atoms with Gasteiger partial charge in [-0.25, -0.2) is 4.98 Å². The van der Waals surface area contributed by atoms with Crippen LogP contribution in [0.15, 0.2) is 36.4 Å². The molecule has 0 aliphatic heterocycles. The predicted molar refractivity (Wildman–Crippen MR) is 90.1 cm³/mol. The minimum Gasteiger partial charge on any atom is -0.329 e. The van der Waals surface area contributed by atoms with Crippen molar-refractivity contribution in [3.8, 4) is 0 Å². The molecule has 1 heterocycles. The summed E-state index contributed by atoms with van der Waals surface area (Å²) in [6, 6.07) is 12.8. The number of rotatable bonds is 5. The van der Waals surface area contributed by atoms with Crippen molar-refractivity contribution in [1.29, 1.82) is 0 Å². The molecule has 2 rings (SSSR count). The molecule has 0 saturated carbocycles. The first-order valence-electron chi connectivity index (χ1n) is 7.58. The maximum atomic E-state index is 5.82. The second-order valence-electron chi connectivity index (χ2n) is 5.70. The van der Waals surface area contributed by atoms with Crippen LogP contribution >= 0.6 is 0 Å². The van der Waals surface area contributed by atoms with Crippen molar-refractivity contribution in [2.24, 2.45) is 5.73 Å². The summed E-state index contributed by atoms with van der Waals surface area (Å²) in [5, 5.41) is 0. The largest absolute Gasteiger partial charge is 0.329 e. The normalized spacial score (nSPS) is 11.0. The van der Waals surface area contributed by atoms with Gasteiger partial charge in [-0.15, -0.1) is 0 Å². The summed E-state index contributed by atoms with van der Waals surface area (Å²) in [5.74, 6) is 1.34. The van der Waals surface area contributed by atoms with Gasteiger partial charge in [-0.2, -0.15) is 0 Å². The Morgan fingerprint density at radius 2 is 1.76 bits per heavy atom. The molecule has 0 amide bonds. The van der Waals surface area contributed by atoms with Gasteiger partial charge in [-0.3, -0.25) is 0 Å². The van der Waals surface area contributed by atoms with Gasteiger partial charge in [-0.05, 0) is 47.7 Å². The first-order chi connectivity index (χ1) is 10.0. The van der Waals surface area contributed by atoms with Crippen molar-refractivity contribution in [1.82, 2.24) is 4.98 Å². The molecule has 21 heavy (non-hydrogen) atoms. The molecular formula is C18H25N3. The van der Waals surface area contributed by atoms with Crippen molar-refractivity contribution in [3.05, 3.63) is 53.2 Å². The summed E-state index contributed by atoms with van der Waals surface area (Å²) >= 11 is 0. The molecule has 1 aromatic heterocycles. The van der Waals surface area contributed by atoms with Gasteiger partial charge in [0.2, 0.25) is 0 Å². The SMILES string of the molecule is CCc1ccc(N(C)c2cc(CN)cc(C(C)C)n2)cc1. The van der Waals surface area contributed by atoms with Crippen LogP contribution in [0.25, 0.3) is 0 Å². The average Bonchev–Trinajstić information content (AvgIpc) is 2.53. The third kappa shape index (κ3) is 3.61. The molecule has 0 saturated heterocycles. The van der Waals surface area contributed by atoms with Crippen LogP contribution in [0.5, 0.6) is 0 Å². The highest BCUT2D eigenvalue weighted by atomic mass is 15.2. The highest BCUT2D eigenvalue weighted by Gasteiger charge is 2.10. The molecule has 2 N–H and O–H groups in total. The number of benzene rings is 1. The van der Waals surface area contributed by atoms with E-state index in [-0.39, 0.29) is 0 Å². The van der Waals surface area contributed by atoms with E-state index in [1.807, 2.05) is 7.05 Å². The smallest absolute Gasteiger partial charge is 0.133 e. The zero-order chi connectivity index (χ0) is 15.4. The van der Waals surface area contributed by atoms with Crippen LogP contribution in [-0.2, 0) is 13.0 Å². The van der Waals surface area contributed by atoms with Gasteiger partial charge in [0.05, 0.1) is 0 Å². The van der Waals surface area contributed by atoms with Crippen molar-refractivity contribution in [2.45, 2.75) is 39.7 Å². The summed E-state index contributed by atoms with van der Waals surface area (Å²) in [7, 11) is 2.05. The number of nitrogens with zero attached hydrogens (tertiary/aromatic N) is 2. The molecule has 0 fully saturated rings. The van der Waals surface area contributed by atoms with E-state index in [0.717, 1.165) is 29.2 Å². The summed E-state index contributed by atoms with van der Waals surface area (Å²) in [5.41, 5.74) is 10.5. The first-order valence-corrected chi connectivity index (χ1v) is 7.58. The molecule has 2 aromatic rings. The summed E-state index contributed by atoms with van der Waals surface area (Å²) in [6.45, 7) is 7.02. The lowest BCUT2D eigenvalue weighted by molar-refractivity contribution is 0.814. The van der Waals surface area contributed by atoms with E-state index in [4.69, 9.17) is 10.7 Å². The first kappa shape index (κ1) is 15.5. The zero-order valence-electron chi connectivity index (χ0n) is 13.4. The molecule has 1 aromatic carbocycles. The quantitative estimate of drug-likeness (QED) is 0.902. The van der Waals surface area contributed by atoms with Crippen LogP contribution in [0.2, 0.25) is 0 Å². The molecule has 0 spiro atoms. The van der Waals surface area contributed by atoms with Gasteiger partial charge in [0, 0.05) is 25.0 Å². The van der Waals surface area contributed by atoms with Crippen molar-refractivity contribution in [3.63, 3.8) is 0 Å². The van der Waals surface area contributed by atoms with E-state index in [1.54, 1.807) is 0 Å². The minimum absolute atomic E-state index is 0.395. The number of aryl methyl sites for hydroxylation is 1. The van der Waals surface area contributed by atoms with Crippen LogP contribution in [0.1, 0.15) is 43.5 Å². The van der Waals surface area contributed by atoms with E-state index in [2.05, 4.69) is 62.1 Å². The highest BCUT2D eigenvalue weighted by molar-refractivity contribution is 5.60. The molecule has 0 radical (unpaired) electrons. The lowest BCUT2D eigenvalue weighted by Gasteiger charge is -2.21. The van der Waals surface area contributed by atoms with Gasteiger partial charge in [-0.1, -0.05) is 32.9 Å². The van der Waals surface area contributed by atoms with E-state index < -0.39 is 0 Å². The molecule has 112 valence electrons. The molecule has 0 aliphatic carbocycles. The van der Waals surface area contributed by atoms with Gasteiger partial charge in [0.1, 0.15) is 5.82 Å². The predicted octanol–water partition coefficient (Wildman–Crippen LogP) is 3.99. The lowest BCUT2D eigenvalue weighted by Crippen LogP contribution is -2.13. The Morgan fingerprint density at radius 1 is 1.10 bits per heavy atom. The number of pyridine rings is 1. The summed E-state index contributed by atoms with van der Waals surface area (Å²) in [4.78, 5) is 6.89. The van der Waals surface area contributed by atoms with Crippen LogP contribution in [0, 0.1) is 0 Å². The van der Waals surface area contributed by atoms with Crippen LogP contribution in [0.3, 0.4) is 0 Å². The molecule has 3 heteroatoms. The molecule has 3 nitrogen and oxygen atoms in total. The Kier molecular flexibility index (Phi) is 4.97. The van der Waals surface area contributed by atoms with Crippen molar-refractivity contribution >= 4 is 11.5 Å². The van der Waals surface area contributed by atoms with Crippen molar-refractivity contribution < 1.29 is 0 Å². The number of hydrogen-bond donors (Lipinski definition) is 1. The molecular weight excluding hydrogens is 258 g/mol. The van der Waals surface area contributed by atoms with Crippen LogP contribution < -0.4 is 10.6 Å². The van der Waals surface area contributed by atoms with Gasteiger partial charge in [0.25, 0.3) is 0 Å². The average molecular weight is 283 g/mol. The van der Waals surface area contributed by atoms with Crippen LogP contribution in [-0.4, -0.2) is 12.0 Å². The van der Waals surface area contributed by atoms with E-state index >= 15 is 0 Å². The second-order valence-corrected chi connectivity index (χ2v) is 5.70. The Morgan fingerprint density at radius 3 is 2.29 bits per heavy atom. The van der Waals surface area contributed by atoms with E-state index in [9.17, 15) is 0 Å². The molecule has 0 bridgehead atoms. The Labute approximate surface area is 127 Å². The highest BCUT2D eigenvalue weighted by Crippen LogP contribution is 2.25. The topological polar surface area (TPSA) is 42.1 Å². The monoisotopic (exact) mass is 283 g/mol. The number of hydrogen-bond acceptors (Lipinski definition) is 3.